The van der Waals surface area contributed by atoms with E-state index in [1.54, 1.807) is 0 Å². The summed E-state index contributed by atoms with van der Waals surface area (Å²) < 4.78 is 0. The maximum absolute atomic E-state index is 5.74. The van der Waals surface area contributed by atoms with Crippen LogP contribution in [0.5, 0.6) is 0 Å². The highest BCUT2D eigenvalue weighted by atomic mass is 14.5. The fraction of sp³-hybridized carbons (Fsp3) is 0.400. The van der Waals surface area contributed by atoms with E-state index in [0.717, 1.165) is 0 Å². The highest BCUT2D eigenvalue weighted by Gasteiger charge is 2.13. The monoisotopic (exact) mass is 281 g/mol. The summed E-state index contributed by atoms with van der Waals surface area (Å²) in [6, 6.07) is 13.5. The molecule has 1 heteroatoms. The van der Waals surface area contributed by atoms with Crippen molar-refractivity contribution in [2.75, 3.05) is 0 Å². The zero-order chi connectivity index (χ0) is 15.6. The molecular weight excluding hydrogens is 254 g/mol. The van der Waals surface area contributed by atoms with Gasteiger partial charge in [-0.05, 0) is 52.1 Å². The van der Waals surface area contributed by atoms with E-state index in [0.29, 0.717) is 18.4 Å². The van der Waals surface area contributed by atoms with Crippen LogP contribution in [0.2, 0.25) is 0 Å². The quantitative estimate of drug-likeness (QED) is 0.801. The average molecular weight is 281 g/mol. The highest BCUT2D eigenvalue weighted by molar-refractivity contribution is 5.72. The van der Waals surface area contributed by atoms with Gasteiger partial charge in [-0.2, -0.15) is 0 Å². The molecule has 0 bridgehead atoms. The predicted octanol–water partition coefficient (Wildman–Crippen LogP) is 5.37. The topological polar surface area (TPSA) is 26.0 Å². The second-order valence-electron chi connectivity index (χ2n) is 6.51. The summed E-state index contributed by atoms with van der Waals surface area (Å²) in [7, 11) is 0. The Morgan fingerprint density at radius 2 is 1.52 bits per heavy atom. The van der Waals surface area contributed by atoms with E-state index in [1.165, 1.54) is 33.4 Å². The minimum absolute atomic E-state index is 0.521. The van der Waals surface area contributed by atoms with E-state index < -0.39 is 0 Å². The molecule has 2 N–H and O–H groups in total. The third-order valence-electron chi connectivity index (χ3n) is 4.18. The van der Waals surface area contributed by atoms with Crippen molar-refractivity contribution in [1.29, 1.82) is 0 Å². The Kier molecular flexibility index (Phi) is 4.84. The summed E-state index contributed by atoms with van der Waals surface area (Å²) in [6.07, 6.45) is 0. The van der Waals surface area contributed by atoms with Crippen molar-refractivity contribution >= 4 is 0 Å². The lowest BCUT2D eigenvalue weighted by Gasteiger charge is -2.18. The van der Waals surface area contributed by atoms with Gasteiger partial charge < -0.3 is 5.73 Å². The van der Waals surface area contributed by atoms with Gasteiger partial charge in [0.1, 0.15) is 0 Å². The summed E-state index contributed by atoms with van der Waals surface area (Å²) in [4.78, 5) is 0. The van der Waals surface area contributed by atoms with Gasteiger partial charge in [0.15, 0.2) is 0 Å². The van der Waals surface area contributed by atoms with Crippen LogP contribution in [0.15, 0.2) is 36.4 Å². The molecule has 2 aromatic carbocycles. The van der Waals surface area contributed by atoms with E-state index in [9.17, 15) is 0 Å². The minimum Gasteiger partial charge on any atom is -0.326 e. The van der Waals surface area contributed by atoms with E-state index in [4.69, 9.17) is 5.73 Å². The van der Waals surface area contributed by atoms with Crippen molar-refractivity contribution in [1.82, 2.24) is 0 Å². The zero-order valence-electron chi connectivity index (χ0n) is 13.9. The first kappa shape index (κ1) is 15.8. The molecule has 0 unspecified atom stereocenters. The van der Waals surface area contributed by atoms with Crippen LogP contribution < -0.4 is 5.73 Å². The molecule has 0 aliphatic carbocycles. The molecule has 0 amide bonds. The Labute approximate surface area is 129 Å². The van der Waals surface area contributed by atoms with Crippen LogP contribution in [0.3, 0.4) is 0 Å². The van der Waals surface area contributed by atoms with Gasteiger partial charge in [0.2, 0.25) is 0 Å². The number of hydrogen-bond acceptors (Lipinski definition) is 1. The molecule has 2 rings (SSSR count). The van der Waals surface area contributed by atoms with Crippen molar-refractivity contribution in [2.24, 2.45) is 5.73 Å². The van der Waals surface area contributed by atoms with Crippen LogP contribution in [-0.2, 0) is 6.54 Å². The third-order valence-corrected chi connectivity index (χ3v) is 4.18. The molecule has 0 aromatic heterocycles. The Bertz CT molecular complexity index is 624. The second-order valence-corrected chi connectivity index (χ2v) is 6.51. The van der Waals surface area contributed by atoms with Gasteiger partial charge in [-0.15, -0.1) is 0 Å². The zero-order valence-corrected chi connectivity index (χ0v) is 13.9. The Hall–Kier alpha value is -1.60. The van der Waals surface area contributed by atoms with Gasteiger partial charge in [-0.3, -0.25) is 0 Å². The number of aryl methyl sites for hydroxylation is 1. The van der Waals surface area contributed by atoms with Gasteiger partial charge in [-0.25, -0.2) is 0 Å². The normalized spacial score (nSPS) is 11.4. The lowest BCUT2D eigenvalue weighted by Crippen LogP contribution is -2.00. The van der Waals surface area contributed by atoms with Crippen LogP contribution in [0.1, 0.15) is 61.8 Å². The highest BCUT2D eigenvalue weighted by Crippen LogP contribution is 2.34. The van der Waals surface area contributed by atoms with E-state index in [1.807, 2.05) is 0 Å². The minimum atomic E-state index is 0.521. The summed E-state index contributed by atoms with van der Waals surface area (Å²) in [5.41, 5.74) is 13.8. The summed E-state index contributed by atoms with van der Waals surface area (Å²) in [5, 5.41) is 0. The predicted molar refractivity (Wildman–Crippen MR) is 92.7 cm³/mol. The van der Waals surface area contributed by atoms with Crippen molar-refractivity contribution < 1.29 is 0 Å². The van der Waals surface area contributed by atoms with Crippen LogP contribution in [0.4, 0.5) is 0 Å². The first-order valence-electron chi connectivity index (χ1n) is 7.87. The van der Waals surface area contributed by atoms with E-state index in [2.05, 4.69) is 71.0 Å². The molecule has 0 saturated heterocycles. The molecule has 0 radical (unpaired) electrons. The summed E-state index contributed by atoms with van der Waals surface area (Å²) in [6.45, 7) is 11.8. The van der Waals surface area contributed by atoms with Crippen LogP contribution in [0.25, 0.3) is 11.1 Å². The fourth-order valence-electron chi connectivity index (χ4n) is 2.82. The number of hydrogen-bond donors (Lipinski definition) is 1. The van der Waals surface area contributed by atoms with Crippen molar-refractivity contribution in [3.05, 3.63) is 58.7 Å². The molecule has 21 heavy (non-hydrogen) atoms. The lowest BCUT2D eigenvalue weighted by molar-refractivity contribution is 0.835. The lowest BCUT2D eigenvalue weighted by atomic mass is 9.87. The van der Waals surface area contributed by atoms with Gasteiger partial charge >= 0.3 is 0 Å². The Morgan fingerprint density at radius 3 is 2.05 bits per heavy atom. The Morgan fingerprint density at radius 1 is 0.857 bits per heavy atom. The summed E-state index contributed by atoms with van der Waals surface area (Å²) >= 11 is 0. The fourth-order valence-corrected chi connectivity index (χ4v) is 2.82. The van der Waals surface area contributed by atoms with Crippen molar-refractivity contribution in [2.45, 2.75) is 53.0 Å². The molecule has 0 saturated carbocycles. The van der Waals surface area contributed by atoms with Crippen LogP contribution in [-0.4, -0.2) is 0 Å². The van der Waals surface area contributed by atoms with Gasteiger partial charge in [0.05, 0.1) is 0 Å². The standard InChI is InChI=1S/C20H27N/c1-13(2)17-7-9-19(20(11-17)14(3)4)18-8-6-16(12-21)10-15(18)5/h6-11,13-14H,12,21H2,1-5H3. The largest absolute Gasteiger partial charge is 0.326 e. The SMILES string of the molecule is Cc1cc(CN)ccc1-c1ccc(C(C)C)cc1C(C)C. The van der Waals surface area contributed by atoms with Crippen molar-refractivity contribution in [3.63, 3.8) is 0 Å². The second kappa shape index (κ2) is 6.44. The average Bonchev–Trinajstić information content (AvgIpc) is 2.46. The van der Waals surface area contributed by atoms with E-state index >= 15 is 0 Å². The maximum Gasteiger partial charge on any atom is 0.0178 e. The molecule has 0 aliphatic rings. The first-order chi connectivity index (χ1) is 9.93. The molecule has 0 heterocycles. The smallest absolute Gasteiger partial charge is 0.0178 e. The van der Waals surface area contributed by atoms with Crippen LogP contribution >= 0.6 is 0 Å². The van der Waals surface area contributed by atoms with Gasteiger partial charge in [0, 0.05) is 6.54 Å². The molecular formula is C20H27N. The molecule has 2 aromatic rings. The Balaban J connectivity index is 2.58. The number of benzene rings is 2. The number of nitrogens with two attached hydrogens (primary N) is 1. The summed E-state index contributed by atoms with van der Waals surface area (Å²) in [5.74, 6) is 1.09. The van der Waals surface area contributed by atoms with Crippen LogP contribution in [0, 0.1) is 6.92 Å². The third kappa shape index (κ3) is 3.36. The van der Waals surface area contributed by atoms with E-state index in [-0.39, 0.29) is 0 Å². The molecule has 0 aliphatic heterocycles. The molecule has 0 spiro atoms. The van der Waals surface area contributed by atoms with Gasteiger partial charge in [0.25, 0.3) is 0 Å². The molecule has 0 fully saturated rings. The molecule has 112 valence electrons. The maximum atomic E-state index is 5.74. The first-order valence-corrected chi connectivity index (χ1v) is 7.87. The molecule has 1 nitrogen and oxygen atoms in total. The molecule has 0 atom stereocenters. The van der Waals surface area contributed by atoms with Gasteiger partial charge in [-0.1, -0.05) is 64.1 Å². The number of rotatable bonds is 4. The van der Waals surface area contributed by atoms with Crippen molar-refractivity contribution in [3.8, 4) is 11.1 Å².